The van der Waals surface area contributed by atoms with E-state index in [2.05, 4.69) is 0 Å². The molecular weight excluding hydrogens is 279 g/mol. The minimum absolute atomic E-state index is 0.110. The molecule has 0 bridgehead atoms. The summed E-state index contributed by atoms with van der Waals surface area (Å²) in [5.41, 5.74) is 2.81. The highest BCUT2D eigenvalue weighted by Crippen LogP contribution is 2.20. The zero-order valence-corrected chi connectivity index (χ0v) is 12.1. The van der Waals surface area contributed by atoms with Crippen LogP contribution in [0.15, 0.2) is 42.5 Å². The van der Waals surface area contributed by atoms with Gasteiger partial charge >= 0.3 is 0 Å². The van der Waals surface area contributed by atoms with Crippen LogP contribution in [0.4, 0.5) is 0 Å². The predicted molar refractivity (Wildman–Crippen MR) is 80.1 cm³/mol. The van der Waals surface area contributed by atoms with Gasteiger partial charge < -0.3 is 0 Å². The highest BCUT2D eigenvalue weighted by molar-refractivity contribution is 6.32. The molecule has 0 atom stereocenters. The maximum atomic E-state index is 12.1. The minimum Gasteiger partial charge on any atom is -0.299 e. The van der Waals surface area contributed by atoms with Gasteiger partial charge in [-0.3, -0.25) is 4.79 Å². The third kappa shape index (κ3) is 3.82. The Kier molecular flexibility index (Phi) is 4.62. The Morgan fingerprint density at radius 3 is 2.21 bits per heavy atom. The molecule has 0 saturated heterocycles. The van der Waals surface area contributed by atoms with Crippen LogP contribution in [0.1, 0.15) is 16.7 Å². The minimum atomic E-state index is 0.110. The zero-order chi connectivity index (χ0) is 13.8. The number of ketones is 1. The lowest BCUT2D eigenvalue weighted by Gasteiger charge is -2.06. The first-order valence-corrected chi connectivity index (χ1v) is 6.82. The van der Waals surface area contributed by atoms with E-state index in [4.69, 9.17) is 23.2 Å². The standard InChI is InChI=1S/C16H14Cl2O/c1-11-6-7-13(16(18)8-11)10-14(19)9-12-4-2-3-5-15(12)17/h2-8H,9-10H2,1H3. The van der Waals surface area contributed by atoms with Gasteiger partial charge in [-0.05, 0) is 35.7 Å². The van der Waals surface area contributed by atoms with E-state index in [1.54, 1.807) is 6.07 Å². The third-order valence-electron chi connectivity index (χ3n) is 2.94. The van der Waals surface area contributed by atoms with Crippen molar-refractivity contribution >= 4 is 29.0 Å². The van der Waals surface area contributed by atoms with Crippen LogP contribution in [-0.4, -0.2) is 5.78 Å². The van der Waals surface area contributed by atoms with Crippen molar-refractivity contribution in [3.8, 4) is 0 Å². The molecule has 0 radical (unpaired) electrons. The smallest absolute Gasteiger partial charge is 0.141 e. The van der Waals surface area contributed by atoms with Crippen molar-refractivity contribution in [1.82, 2.24) is 0 Å². The van der Waals surface area contributed by atoms with Crippen LogP contribution in [0.5, 0.6) is 0 Å². The molecule has 0 amide bonds. The summed E-state index contributed by atoms with van der Waals surface area (Å²) in [5.74, 6) is 0.110. The number of aryl methyl sites for hydroxylation is 1. The van der Waals surface area contributed by atoms with Crippen LogP contribution in [0.3, 0.4) is 0 Å². The summed E-state index contributed by atoms with van der Waals surface area (Å²) in [6.07, 6.45) is 0.675. The fourth-order valence-electron chi connectivity index (χ4n) is 1.92. The van der Waals surface area contributed by atoms with Crippen molar-refractivity contribution in [2.45, 2.75) is 19.8 Å². The van der Waals surface area contributed by atoms with Crippen LogP contribution < -0.4 is 0 Å². The molecule has 0 spiro atoms. The van der Waals surface area contributed by atoms with Gasteiger partial charge in [0.05, 0.1) is 0 Å². The fourth-order valence-corrected chi connectivity index (χ4v) is 2.43. The Labute approximate surface area is 123 Å². The van der Waals surface area contributed by atoms with Gasteiger partial charge in [-0.2, -0.15) is 0 Å². The topological polar surface area (TPSA) is 17.1 Å². The van der Waals surface area contributed by atoms with Crippen molar-refractivity contribution in [2.75, 3.05) is 0 Å². The maximum Gasteiger partial charge on any atom is 0.141 e. The Morgan fingerprint density at radius 1 is 0.947 bits per heavy atom. The molecule has 0 aliphatic heterocycles. The summed E-state index contributed by atoms with van der Waals surface area (Å²) in [6.45, 7) is 1.97. The van der Waals surface area contributed by atoms with Gasteiger partial charge in [-0.25, -0.2) is 0 Å². The normalized spacial score (nSPS) is 10.5. The van der Waals surface area contributed by atoms with Crippen LogP contribution in [0.25, 0.3) is 0 Å². The van der Waals surface area contributed by atoms with Crippen molar-refractivity contribution in [1.29, 1.82) is 0 Å². The van der Waals surface area contributed by atoms with Gasteiger partial charge in [0, 0.05) is 22.9 Å². The van der Waals surface area contributed by atoms with Gasteiger partial charge in [0.25, 0.3) is 0 Å². The number of rotatable bonds is 4. The van der Waals surface area contributed by atoms with Gasteiger partial charge in [0.1, 0.15) is 5.78 Å². The van der Waals surface area contributed by atoms with E-state index in [9.17, 15) is 4.79 Å². The molecule has 2 aromatic rings. The first-order chi connectivity index (χ1) is 9.06. The maximum absolute atomic E-state index is 12.1. The highest BCUT2D eigenvalue weighted by Gasteiger charge is 2.10. The lowest BCUT2D eigenvalue weighted by atomic mass is 10.0. The van der Waals surface area contributed by atoms with Crippen LogP contribution in [0, 0.1) is 6.92 Å². The average molecular weight is 293 g/mol. The number of Topliss-reactive ketones (excluding diaryl/α,β-unsaturated/α-hetero) is 1. The van der Waals surface area contributed by atoms with E-state index >= 15 is 0 Å². The number of carbonyl (C=O) groups is 1. The molecule has 0 saturated carbocycles. The molecule has 2 rings (SSSR count). The van der Waals surface area contributed by atoms with E-state index in [1.165, 1.54) is 0 Å². The first-order valence-electron chi connectivity index (χ1n) is 6.06. The van der Waals surface area contributed by atoms with Gasteiger partial charge in [-0.15, -0.1) is 0 Å². The Hall–Kier alpha value is -1.31. The fraction of sp³-hybridized carbons (Fsp3) is 0.188. The largest absolute Gasteiger partial charge is 0.299 e. The summed E-state index contributed by atoms with van der Waals surface area (Å²) >= 11 is 12.2. The highest BCUT2D eigenvalue weighted by atomic mass is 35.5. The third-order valence-corrected chi connectivity index (χ3v) is 3.66. The molecule has 19 heavy (non-hydrogen) atoms. The second-order valence-electron chi connectivity index (χ2n) is 4.58. The summed E-state index contributed by atoms with van der Waals surface area (Å²) in [4.78, 5) is 12.1. The molecule has 0 heterocycles. The number of hydrogen-bond acceptors (Lipinski definition) is 1. The monoisotopic (exact) mass is 292 g/mol. The van der Waals surface area contributed by atoms with Crippen molar-refractivity contribution < 1.29 is 4.79 Å². The van der Waals surface area contributed by atoms with Crippen LogP contribution >= 0.6 is 23.2 Å². The second-order valence-corrected chi connectivity index (χ2v) is 5.39. The second kappa shape index (κ2) is 6.23. The summed E-state index contributed by atoms with van der Waals surface area (Å²) in [5, 5.41) is 1.28. The summed E-state index contributed by atoms with van der Waals surface area (Å²) in [7, 11) is 0. The SMILES string of the molecule is Cc1ccc(CC(=O)Cc2ccccc2Cl)c(Cl)c1. The Balaban J connectivity index is 2.08. The van der Waals surface area contributed by atoms with Crippen molar-refractivity contribution in [3.63, 3.8) is 0 Å². The lowest BCUT2D eigenvalue weighted by Crippen LogP contribution is -2.07. The molecule has 0 N–H and O–H groups in total. The lowest BCUT2D eigenvalue weighted by molar-refractivity contribution is -0.117. The number of hydrogen-bond donors (Lipinski definition) is 0. The average Bonchev–Trinajstić information content (AvgIpc) is 2.36. The van der Waals surface area contributed by atoms with Gasteiger partial charge in [-0.1, -0.05) is 53.5 Å². The number of carbonyl (C=O) groups excluding carboxylic acids is 1. The molecule has 0 aliphatic carbocycles. The van der Waals surface area contributed by atoms with Crippen LogP contribution in [0.2, 0.25) is 10.0 Å². The molecule has 2 aromatic carbocycles. The van der Waals surface area contributed by atoms with Gasteiger partial charge in [0.2, 0.25) is 0 Å². The molecule has 0 aliphatic rings. The summed E-state index contributed by atoms with van der Waals surface area (Å²) in [6, 6.07) is 13.1. The Bertz CT molecular complexity index is 605. The van der Waals surface area contributed by atoms with E-state index in [-0.39, 0.29) is 5.78 Å². The molecule has 98 valence electrons. The van der Waals surface area contributed by atoms with Crippen LogP contribution in [-0.2, 0) is 17.6 Å². The quantitative estimate of drug-likeness (QED) is 0.801. The number of halogens is 2. The van der Waals surface area contributed by atoms with Crippen molar-refractivity contribution in [3.05, 3.63) is 69.2 Å². The Morgan fingerprint density at radius 2 is 1.58 bits per heavy atom. The van der Waals surface area contributed by atoms with Gasteiger partial charge in [0.15, 0.2) is 0 Å². The van der Waals surface area contributed by atoms with E-state index in [0.717, 1.165) is 16.7 Å². The van der Waals surface area contributed by atoms with E-state index < -0.39 is 0 Å². The zero-order valence-electron chi connectivity index (χ0n) is 10.6. The number of benzene rings is 2. The van der Waals surface area contributed by atoms with E-state index in [0.29, 0.717) is 22.9 Å². The molecule has 0 unspecified atom stereocenters. The van der Waals surface area contributed by atoms with Crippen molar-refractivity contribution in [2.24, 2.45) is 0 Å². The molecule has 0 fully saturated rings. The predicted octanol–water partition coefficient (Wildman–Crippen LogP) is 4.66. The molecule has 0 aromatic heterocycles. The molecule has 1 nitrogen and oxygen atoms in total. The molecular formula is C16H14Cl2O. The first kappa shape index (κ1) is 14.1. The van der Waals surface area contributed by atoms with E-state index in [1.807, 2.05) is 43.3 Å². The summed E-state index contributed by atoms with van der Waals surface area (Å²) < 4.78 is 0. The molecule has 3 heteroatoms.